The lowest BCUT2D eigenvalue weighted by Crippen LogP contribution is -2.24. The Kier molecular flexibility index (Phi) is 1.71. The van der Waals surface area contributed by atoms with Crippen LogP contribution in [0, 0.1) is 11.5 Å². The summed E-state index contributed by atoms with van der Waals surface area (Å²) in [5.74, 6) is 0. The first kappa shape index (κ1) is 7.17. The molecule has 0 aliphatic heterocycles. The molecule has 0 bridgehead atoms. The van der Waals surface area contributed by atoms with Crippen molar-refractivity contribution in [3.63, 3.8) is 0 Å². The molecule has 2 nitrogen and oxygen atoms in total. The molecule has 0 radical (unpaired) electrons. The summed E-state index contributed by atoms with van der Waals surface area (Å²) in [7, 11) is 0. The maximum Gasteiger partial charge on any atom is 0.176 e. The highest BCUT2D eigenvalue weighted by Gasteiger charge is 2.19. The largest absolute Gasteiger partial charge is 0.320 e. The van der Waals surface area contributed by atoms with Gasteiger partial charge in [-0.25, -0.2) is 0 Å². The number of hydrogen-bond acceptors (Lipinski definition) is 2. The fraction of sp³-hybridized carbons (Fsp3) is 0.300. The Hall–Kier alpha value is -1.49. The van der Waals surface area contributed by atoms with Crippen molar-refractivity contribution in [2.75, 3.05) is 0 Å². The molecule has 0 aromatic heterocycles. The van der Waals surface area contributed by atoms with Gasteiger partial charge in [-0.1, -0.05) is 24.3 Å². The maximum absolute atomic E-state index is 8.44. The fourth-order valence-corrected chi connectivity index (χ4v) is 1.75. The number of benzene rings is 1. The third-order valence-electron chi connectivity index (χ3n) is 2.32. The average Bonchev–Trinajstić information content (AvgIpc) is 2.47. The molecule has 12 heavy (non-hydrogen) atoms. The Labute approximate surface area is 71.8 Å². The molecule has 0 saturated heterocycles. The minimum absolute atomic E-state index is 0.326. The summed E-state index contributed by atoms with van der Waals surface area (Å²) < 4.78 is 0. The van der Waals surface area contributed by atoms with Gasteiger partial charge in [0.25, 0.3) is 0 Å². The van der Waals surface area contributed by atoms with E-state index in [-0.39, 0.29) is 0 Å². The first-order chi connectivity index (χ1) is 5.90. The van der Waals surface area contributed by atoms with Crippen LogP contribution in [0.5, 0.6) is 0 Å². The highest BCUT2D eigenvalue weighted by atomic mass is 14.9. The molecule has 2 heteroatoms. The van der Waals surface area contributed by atoms with E-state index in [1.54, 1.807) is 0 Å². The van der Waals surface area contributed by atoms with Crippen molar-refractivity contribution in [2.45, 2.75) is 18.9 Å². The monoisotopic (exact) mass is 158 g/mol. The second-order valence-electron chi connectivity index (χ2n) is 3.13. The number of fused-ring (bicyclic) bond motifs is 1. The van der Waals surface area contributed by atoms with Crippen LogP contribution in [0.2, 0.25) is 0 Å². The third-order valence-corrected chi connectivity index (χ3v) is 2.32. The van der Waals surface area contributed by atoms with Crippen molar-refractivity contribution in [3.05, 3.63) is 35.4 Å². The molecule has 0 spiro atoms. The molecule has 2 rings (SSSR count). The zero-order valence-corrected chi connectivity index (χ0v) is 6.75. The number of rotatable bonds is 1. The van der Waals surface area contributed by atoms with E-state index in [4.69, 9.17) is 5.26 Å². The molecule has 0 atom stereocenters. The van der Waals surface area contributed by atoms with Crippen LogP contribution in [0.3, 0.4) is 0 Å². The Morgan fingerprint density at radius 1 is 1.25 bits per heavy atom. The number of nitrogens with zero attached hydrogens (tertiary/aromatic N) is 1. The Morgan fingerprint density at radius 3 is 2.33 bits per heavy atom. The quantitative estimate of drug-likeness (QED) is 0.493. The first-order valence-electron chi connectivity index (χ1n) is 4.11. The summed E-state index contributed by atoms with van der Waals surface area (Å²) in [6.45, 7) is 0. The van der Waals surface area contributed by atoms with E-state index in [9.17, 15) is 0 Å². The van der Waals surface area contributed by atoms with Gasteiger partial charge < -0.3 is 5.32 Å². The van der Waals surface area contributed by atoms with E-state index in [1.807, 2.05) is 18.3 Å². The zero-order chi connectivity index (χ0) is 8.39. The van der Waals surface area contributed by atoms with Crippen LogP contribution in [0.25, 0.3) is 0 Å². The summed E-state index contributed by atoms with van der Waals surface area (Å²) in [6.07, 6.45) is 3.97. The van der Waals surface area contributed by atoms with E-state index >= 15 is 0 Å². The topological polar surface area (TPSA) is 35.8 Å². The van der Waals surface area contributed by atoms with Crippen molar-refractivity contribution in [1.82, 2.24) is 5.32 Å². The van der Waals surface area contributed by atoms with E-state index in [1.165, 1.54) is 11.1 Å². The van der Waals surface area contributed by atoms with Gasteiger partial charge in [0, 0.05) is 6.04 Å². The summed E-state index contributed by atoms with van der Waals surface area (Å²) in [6, 6.07) is 8.69. The molecular weight excluding hydrogens is 148 g/mol. The molecule has 1 N–H and O–H groups in total. The van der Waals surface area contributed by atoms with Crippen LogP contribution in [0.4, 0.5) is 0 Å². The van der Waals surface area contributed by atoms with Crippen LogP contribution in [0.1, 0.15) is 11.1 Å². The molecular formula is C10H10N2. The lowest BCUT2D eigenvalue weighted by molar-refractivity contribution is 0.629. The Bertz CT molecular complexity index is 300. The van der Waals surface area contributed by atoms with Gasteiger partial charge in [0.15, 0.2) is 6.19 Å². The van der Waals surface area contributed by atoms with Gasteiger partial charge in [0.2, 0.25) is 0 Å². The van der Waals surface area contributed by atoms with Crippen LogP contribution < -0.4 is 5.32 Å². The second kappa shape index (κ2) is 2.86. The first-order valence-corrected chi connectivity index (χ1v) is 4.11. The Morgan fingerprint density at radius 2 is 1.83 bits per heavy atom. The molecule has 1 aliphatic carbocycles. The van der Waals surface area contributed by atoms with Crippen molar-refractivity contribution in [3.8, 4) is 6.19 Å². The summed E-state index contributed by atoms with van der Waals surface area (Å²) in [5, 5.41) is 11.2. The van der Waals surface area contributed by atoms with Gasteiger partial charge in [0.1, 0.15) is 0 Å². The molecule has 1 aromatic rings. The SMILES string of the molecule is N#CNC1Cc2ccccc2C1. The predicted molar refractivity (Wildman–Crippen MR) is 46.4 cm³/mol. The molecule has 60 valence electrons. The second-order valence-corrected chi connectivity index (χ2v) is 3.13. The zero-order valence-electron chi connectivity index (χ0n) is 6.75. The summed E-state index contributed by atoms with van der Waals surface area (Å²) in [5.41, 5.74) is 2.76. The maximum atomic E-state index is 8.44. The lowest BCUT2D eigenvalue weighted by Gasteiger charge is -2.03. The van der Waals surface area contributed by atoms with Gasteiger partial charge in [0.05, 0.1) is 0 Å². The standard InChI is InChI=1S/C10H10N2/c11-7-12-10-5-8-3-1-2-4-9(8)6-10/h1-4,10,12H,5-6H2. The van der Waals surface area contributed by atoms with Crippen LogP contribution in [0.15, 0.2) is 24.3 Å². The smallest absolute Gasteiger partial charge is 0.176 e. The van der Waals surface area contributed by atoms with Crippen molar-refractivity contribution < 1.29 is 0 Å². The van der Waals surface area contributed by atoms with Crippen molar-refractivity contribution in [1.29, 1.82) is 5.26 Å². The number of nitriles is 1. The molecule has 0 unspecified atom stereocenters. The van der Waals surface area contributed by atoms with Crippen LogP contribution in [-0.4, -0.2) is 6.04 Å². The number of hydrogen-bond donors (Lipinski definition) is 1. The molecule has 1 aromatic carbocycles. The van der Waals surface area contributed by atoms with E-state index < -0.39 is 0 Å². The van der Waals surface area contributed by atoms with Gasteiger partial charge in [-0.05, 0) is 24.0 Å². The minimum atomic E-state index is 0.326. The van der Waals surface area contributed by atoms with E-state index in [0.29, 0.717) is 6.04 Å². The molecule has 0 fully saturated rings. The predicted octanol–water partition coefficient (Wildman–Crippen LogP) is 1.22. The molecule has 0 amide bonds. The normalized spacial score (nSPS) is 15.2. The average molecular weight is 158 g/mol. The summed E-state index contributed by atoms with van der Waals surface area (Å²) >= 11 is 0. The Balaban J connectivity index is 2.18. The highest BCUT2D eigenvalue weighted by molar-refractivity contribution is 5.33. The molecule has 0 saturated carbocycles. The summed E-state index contributed by atoms with van der Waals surface area (Å²) in [4.78, 5) is 0. The fourth-order valence-electron chi connectivity index (χ4n) is 1.75. The van der Waals surface area contributed by atoms with Gasteiger partial charge in [-0.3, -0.25) is 0 Å². The lowest BCUT2D eigenvalue weighted by atomic mass is 10.1. The van der Waals surface area contributed by atoms with Crippen molar-refractivity contribution in [2.24, 2.45) is 0 Å². The minimum Gasteiger partial charge on any atom is -0.320 e. The van der Waals surface area contributed by atoms with Crippen LogP contribution >= 0.6 is 0 Å². The van der Waals surface area contributed by atoms with Gasteiger partial charge in [-0.15, -0.1) is 0 Å². The molecule has 1 aliphatic rings. The third kappa shape index (κ3) is 1.14. The number of nitrogens with one attached hydrogen (secondary N) is 1. The van der Waals surface area contributed by atoms with Crippen LogP contribution in [-0.2, 0) is 12.8 Å². The van der Waals surface area contributed by atoms with Gasteiger partial charge in [-0.2, -0.15) is 5.26 Å². The highest BCUT2D eigenvalue weighted by Crippen LogP contribution is 2.21. The van der Waals surface area contributed by atoms with Gasteiger partial charge >= 0.3 is 0 Å². The van der Waals surface area contributed by atoms with E-state index in [0.717, 1.165) is 12.8 Å². The molecule has 0 heterocycles. The van der Waals surface area contributed by atoms with E-state index in [2.05, 4.69) is 17.4 Å². The van der Waals surface area contributed by atoms with Crippen molar-refractivity contribution >= 4 is 0 Å².